The third-order valence-corrected chi connectivity index (χ3v) is 3.35. The molecule has 0 radical (unpaired) electrons. The number of hydrogen-bond acceptors (Lipinski definition) is 4. The number of carbonyl (C=O) groups excluding carboxylic acids is 1. The number of ether oxygens (including phenoxy) is 1. The van der Waals surface area contributed by atoms with Crippen LogP contribution in [0, 0.1) is 0 Å². The van der Waals surface area contributed by atoms with Gasteiger partial charge in [-0.1, -0.05) is 12.1 Å². The van der Waals surface area contributed by atoms with Crippen molar-refractivity contribution < 1.29 is 14.6 Å². The minimum absolute atomic E-state index is 0.100. The molecule has 0 aromatic heterocycles. The number of amides is 1. The summed E-state index contributed by atoms with van der Waals surface area (Å²) in [7, 11) is 0. The van der Waals surface area contributed by atoms with Crippen molar-refractivity contribution >= 4 is 11.6 Å². The Kier molecular flexibility index (Phi) is 5.52. The highest BCUT2D eigenvalue weighted by Crippen LogP contribution is 2.16. The Morgan fingerprint density at radius 2 is 2.20 bits per heavy atom. The van der Waals surface area contributed by atoms with Crippen LogP contribution in [0.1, 0.15) is 31.4 Å². The molecule has 0 bridgehead atoms. The van der Waals surface area contributed by atoms with Crippen molar-refractivity contribution in [2.45, 2.75) is 32.0 Å². The summed E-state index contributed by atoms with van der Waals surface area (Å²) < 4.78 is 5.51. The van der Waals surface area contributed by atoms with Gasteiger partial charge in [0.1, 0.15) is 0 Å². The molecule has 20 heavy (non-hydrogen) atoms. The summed E-state index contributed by atoms with van der Waals surface area (Å²) in [5, 5.41) is 16.0. The number of aliphatic hydroxyl groups is 1. The number of carbonyl (C=O) groups is 1. The summed E-state index contributed by atoms with van der Waals surface area (Å²) in [6, 6.07) is 7.23. The van der Waals surface area contributed by atoms with Crippen molar-refractivity contribution in [3.05, 3.63) is 29.8 Å². The predicted octanol–water partition coefficient (Wildman–Crippen LogP) is 1.45. The molecule has 1 aliphatic rings. The average molecular weight is 278 g/mol. The first-order valence-corrected chi connectivity index (χ1v) is 7.03. The molecular weight excluding hydrogens is 256 g/mol. The molecule has 5 heteroatoms. The van der Waals surface area contributed by atoms with Gasteiger partial charge in [0.05, 0.1) is 12.2 Å². The molecule has 2 rings (SSSR count). The van der Waals surface area contributed by atoms with Crippen LogP contribution in [0.4, 0.5) is 5.69 Å². The third-order valence-electron chi connectivity index (χ3n) is 3.35. The van der Waals surface area contributed by atoms with Crippen LogP contribution in [0.2, 0.25) is 0 Å². The number of aliphatic hydroxyl groups excluding tert-OH is 1. The second kappa shape index (κ2) is 7.38. The van der Waals surface area contributed by atoms with Crippen molar-refractivity contribution in [2.24, 2.45) is 0 Å². The number of nitrogens with one attached hydrogen (secondary N) is 2. The fourth-order valence-electron chi connectivity index (χ4n) is 2.30. The molecule has 0 aliphatic carbocycles. The van der Waals surface area contributed by atoms with Crippen molar-refractivity contribution in [1.82, 2.24) is 5.32 Å². The predicted molar refractivity (Wildman–Crippen MR) is 77.5 cm³/mol. The van der Waals surface area contributed by atoms with Crippen molar-refractivity contribution in [2.75, 3.05) is 25.0 Å². The van der Waals surface area contributed by atoms with Gasteiger partial charge < -0.3 is 20.5 Å². The quantitative estimate of drug-likeness (QED) is 0.736. The maximum atomic E-state index is 10.9. The first kappa shape index (κ1) is 15.0. The zero-order valence-electron chi connectivity index (χ0n) is 11.8. The van der Waals surface area contributed by atoms with Crippen LogP contribution in [0.15, 0.2) is 24.3 Å². The minimum atomic E-state index is -0.553. The zero-order valence-corrected chi connectivity index (χ0v) is 11.8. The smallest absolute Gasteiger partial charge is 0.221 e. The molecule has 0 saturated carbocycles. The first-order valence-electron chi connectivity index (χ1n) is 7.03. The third kappa shape index (κ3) is 4.59. The Bertz CT molecular complexity index is 427. The largest absolute Gasteiger partial charge is 0.387 e. The van der Waals surface area contributed by atoms with Gasteiger partial charge >= 0.3 is 0 Å². The van der Waals surface area contributed by atoms with Crippen LogP contribution in [-0.2, 0) is 9.53 Å². The molecule has 1 aromatic carbocycles. The maximum absolute atomic E-state index is 10.9. The van der Waals surface area contributed by atoms with Crippen LogP contribution in [-0.4, -0.2) is 36.8 Å². The SMILES string of the molecule is CC(=O)Nc1ccc(C(O)CNCC2CCCO2)cc1. The Labute approximate surface area is 119 Å². The van der Waals surface area contributed by atoms with E-state index in [2.05, 4.69) is 10.6 Å². The van der Waals surface area contributed by atoms with E-state index in [1.807, 2.05) is 12.1 Å². The van der Waals surface area contributed by atoms with Gasteiger partial charge in [0.25, 0.3) is 0 Å². The number of benzene rings is 1. The lowest BCUT2D eigenvalue weighted by Gasteiger charge is -2.15. The summed E-state index contributed by atoms with van der Waals surface area (Å²) in [5.74, 6) is -0.100. The fraction of sp³-hybridized carbons (Fsp3) is 0.533. The van der Waals surface area contributed by atoms with Gasteiger partial charge in [0.15, 0.2) is 0 Å². The molecule has 1 saturated heterocycles. The summed E-state index contributed by atoms with van der Waals surface area (Å²) in [6.45, 7) is 3.59. The molecule has 110 valence electrons. The van der Waals surface area contributed by atoms with Crippen molar-refractivity contribution in [3.63, 3.8) is 0 Å². The van der Waals surface area contributed by atoms with Crippen LogP contribution in [0.5, 0.6) is 0 Å². The van der Waals surface area contributed by atoms with E-state index >= 15 is 0 Å². The van der Waals surface area contributed by atoms with E-state index < -0.39 is 6.10 Å². The lowest BCUT2D eigenvalue weighted by molar-refractivity contribution is -0.114. The Balaban J connectivity index is 1.76. The highest BCUT2D eigenvalue weighted by molar-refractivity contribution is 5.88. The lowest BCUT2D eigenvalue weighted by Crippen LogP contribution is -2.29. The van der Waals surface area contributed by atoms with Crippen LogP contribution in [0.25, 0.3) is 0 Å². The van der Waals surface area contributed by atoms with E-state index in [1.54, 1.807) is 12.1 Å². The number of hydrogen-bond donors (Lipinski definition) is 3. The van der Waals surface area contributed by atoms with Crippen LogP contribution >= 0.6 is 0 Å². The van der Waals surface area contributed by atoms with E-state index in [0.29, 0.717) is 6.54 Å². The molecule has 1 aliphatic heterocycles. The first-order chi connectivity index (χ1) is 9.65. The van der Waals surface area contributed by atoms with Crippen LogP contribution in [0.3, 0.4) is 0 Å². The normalized spacial score (nSPS) is 19.8. The second-order valence-electron chi connectivity index (χ2n) is 5.11. The molecule has 1 amide bonds. The molecule has 1 aromatic rings. The van der Waals surface area contributed by atoms with Gasteiger partial charge in [-0.3, -0.25) is 4.79 Å². The number of rotatable bonds is 6. The average Bonchev–Trinajstić information content (AvgIpc) is 2.92. The molecule has 2 unspecified atom stereocenters. The Hall–Kier alpha value is -1.43. The van der Waals surface area contributed by atoms with E-state index in [9.17, 15) is 9.90 Å². The van der Waals surface area contributed by atoms with E-state index in [-0.39, 0.29) is 12.0 Å². The summed E-state index contributed by atoms with van der Waals surface area (Å²) >= 11 is 0. The topological polar surface area (TPSA) is 70.6 Å². The Morgan fingerprint density at radius 3 is 2.80 bits per heavy atom. The number of anilines is 1. The minimum Gasteiger partial charge on any atom is -0.387 e. The highest BCUT2D eigenvalue weighted by Gasteiger charge is 2.15. The Morgan fingerprint density at radius 1 is 1.45 bits per heavy atom. The molecule has 1 fully saturated rings. The molecule has 0 spiro atoms. The van der Waals surface area contributed by atoms with Gasteiger partial charge in [-0.15, -0.1) is 0 Å². The summed E-state index contributed by atoms with van der Waals surface area (Å²) in [4.78, 5) is 10.9. The summed E-state index contributed by atoms with van der Waals surface area (Å²) in [5.41, 5.74) is 1.57. The van der Waals surface area contributed by atoms with E-state index in [4.69, 9.17) is 4.74 Å². The van der Waals surface area contributed by atoms with Crippen molar-refractivity contribution in [3.8, 4) is 0 Å². The monoisotopic (exact) mass is 278 g/mol. The van der Waals surface area contributed by atoms with Gasteiger partial charge in [-0.05, 0) is 30.5 Å². The van der Waals surface area contributed by atoms with Gasteiger partial charge in [-0.25, -0.2) is 0 Å². The standard InChI is InChI=1S/C15H22N2O3/c1-11(18)17-13-6-4-12(5-7-13)15(19)10-16-9-14-3-2-8-20-14/h4-7,14-16,19H,2-3,8-10H2,1H3,(H,17,18). The highest BCUT2D eigenvalue weighted by atomic mass is 16.5. The second-order valence-corrected chi connectivity index (χ2v) is 5.11. The molecule has 2 atom stereocenters. The molecule has 1 heterocycles. The molecular formula is C15H22N2O3. The van der Waals surface area contributed by atoms with Gasteiger partial charge in [-0.2, -0.15) is 0 Å². The van der Waals surface area contributed by atoms with Crippen LogP contribution < -0.4 is 10.6 Å². The van der Waals surface area contributed by atoms with Gasteiger partial charge in [0.2, 0.25) is 5.91 Å². The van der Waals surface area contributed by atoms with Gasteiger partial charge in [0, 0.05) is 32.3 Å². The molecule has 5 nitrogen and oxygen atoms in total. The van der Waals surface area contributed by atoms with E-state index in [0.717, 1.165) is 37.2 Å². The maximum Gasteiger partial charge on any atom is 0.221 e. The fourth-order valence-corrected chi connectivity index (χ4v) is 2.30. The lowest BCUT2D eigenvalue weighted by atomic mass is 10.1. The zero-order chi connectivity index (χ0) is 14.4. The van der Waals surface area contributed by atoms with Crippen molar-refractivity contribution in [1.29, 1.82) is 0 Å². The van der Waals surface area contributed by atoms with E-state index in [1.165, 1.54) is 6.92 Å². The summed E-state index contributed by atoms with van der Waals surface area (Å²) in [6.07, 6.45) is 1.95. The molecule has 3 N–H and O–H groups in total.